The van der Waals surface area contributed by atoms with Crippen molar-refractivity contribution in [3.8, 4) is 0 Å². The van der Waals surface area contributed by atoms with Crippen molar-refractivity contribution in [3.63, 3.8) is 0 Å². The Bertz CT molecular complexity index is 675. The van der Waals surface area contributed by atoms with Crippen LogP contribution in [-0.4, -0.2) is 24.0 Å². The summed E-state index contributed by atoms with van der Waals surface area (Å²) in [4.78, 5) is 4.16. The van der Waals surface area contributed by atoms with Crippen molar-refractivity contribution in [3.05, 3.63) is 64.9 Å². The van der Waals surface area contributed by atoms with Gasteiger partial charge in [0.25, 0.3) is 0 Å². The standard InChI is InChI=1S/C14H15ClN2O2S/c1-20(18,19)17(11-14-7-2-3-8-16-14)10-12-5-4-6-13(15)9-12/h2-9H,10-11H2,1H3. The van der Waals surface area contributed by atoms with E-state index in [2.05, 4.69) is 4.98 Å². The maximum atomic E-state index is 11.9. The largest absolute Gasteiger partial charge is 0.260 e. The van der Waals surface area contributed by atoms with Gasteiger partial charge in [-0.15, -0.1) is 0 Å². The van der Waals surface area contributed by atoms with E-state index in [1.165, 1.54) is 10.6 Å². The lowest BCUT2D eigenvalue weighted by Gasteiger charge is -2.19. The van der Waals surface area contributed by atoms with Gasteiger partial charge in [0.15, 0.2) is 0 Å². The second-order valence-corrected chi connectivity index (χ2v) is 6.90. The first-order valence-corrected chi connectivity index (χ1v) is 8.27. The fourth-order valence-electron chi connectivity index (χ4n) is 1.80. The van der Waals surface area contributed by atoms with Crippen LogP contribution < -0.4 is 0 Å². The number of benzene rings is 1. The molecule has 0 N–H and O–H groups in total. The van der Waals surface area contributed by atoms with Crippen molar-refractivity contribution < 1.29 is 8.42 Å². The van der Waals surface area contributed by atoms with Crippen molar-refractivity contribution in [2.75, 3.05) is 6.26 Å². The Balaban J connectivity index is 2.21. The van der Waals surface area contributed by atoms with Gasteiger partial charge in [-0.05, 0) is 29.8 Å². The van der Waals surface area contributed by atoms with E-state index in [0.29, 0.717) is 10.7 Å². The predicted molar refractivity (Wildman–Crippen MR) is 79.8 cm³/mol. The number of halogens is 1. The van der Waals surface area contributed by atoms with Crippen LogP contribution in [0.1, 0.15) is 11.3 Å². The number of nitrogens with zero attached hydrogens (tertiary/aromatic N) is 2. The maximum Gasteiger partial charge on any atom is 0.211 e. The topological polar surface area (TPSA) is 50.3 Å². The summed E-state index contributed by atoms with van der Waals surface area (Å²) in [7, 11) is -3.32. The molecule has 20 heavy (non-hydrogen) atoms. The van der Waals surface area contributed by atoms with Crippen LogP contribution in [-0.2, 0) is 23.1 Å². The number of aromatic nitrogens is 1. The van der Waals surface area contributed by atoms with Crippen LogP contribution in [0.3, 0.4) is 0 Å². The first kappa shape index (κ1) is 15.0. The van der Waals surface area contributed by atoms with Gasteiger partial charge in [0, 0.05) is 17.8 Å². The quantitative estimate of drug-likeness (QED) is 0.853. The molecule has 0 aliphatic rings. The van der Waals surface area contributed by atoms with E-state index in [0.717, 1.165) is 5.56 Å². The lowest BCUT2D eigenvalue weighted by Crippen LogP contribution is -2.29. The molecule has 1 aromatic carbocycles. The Morgan fingerprint density at radius 2 is 1.95 bits per heavy atom. The molecule has 0 unspecified atom stereocenters. The third-order valence-electron chi connectivity index (χ3n) is 2.78. The van der Waals surface area contributed by atoms with Gasteiger partial charge in [0.2, 0.25) is 10.0 Å². The average molecular weight is 311 g/mol. The van der Waals surface area contributed by atoms with Gasteiger partial charge in [-0.1, -0.05) is 29.8 Å². The summed E-state index contributed by atoms with van der Waals surface area (Å²) in [5.74, 6) is 0. The smallest absolute Gasteiger partial charge is 0.211 e. The summed E-state index contributed by atoms with van der Waals surface area (Å²) in [6, 6.07) is 12.6. The average Bonchev–Trinajstić information content (AvgIpc) is 2.38. The van der Waals surface area contributed by atoms with E-state index in [-0.39, 0.29) is 13.1 Å². The van der Waals surface area contributed by atoms with Crippen LogP contribution >= 0.6 is 11.6 Å². The van der Waals surface area contributed by atoms with Crippen molar-refractivity contribution in [1.29, 1.82) is 0 Å². The van der Waals surface area contributed by atoms with Crippen molar-refractivity contribution in [2.24, 2.45) is 0 Å². The minimum absolute atomic E-state index is 0.242. The predicted octanol–water partition coefficient (Wildman–Crippen LogP) is 2.70. The highest BCUT2D eigenvalue weighted by Gasteiger charge is 2.18. The van der Waals surface area contributed by atoms with Crippen molar-refractivity contribution in [2.45, 2.75) is 13.1 Å². The highest BCUT2D eigenvalue weighted by Crippen LogP contribution is 2.16. The SMILES string of the molecule is CS(=O)(=O)N(Cc1cccc(Cl)c1)Cc1ccccn1. The van der Waals surface area contributed by atoms with E-state index in [1.807, 2.05) is 12.1 Å². The summed E-state index contributed by atoms with van der Waals surface area (Å²) in [6.07, 6.45) is 2.84. The van der Waals surface area contributed by atoms with E-state index >= 15 is 0 Å². The monoisotopic (exact) mass is 310 g/mol. The van der Waals surface area contributed by atoms with Crippen LogP contribution in [0.25, 0.3) is 0 Å². The van der Waals surface area contributed by atoms with Crippen LogP contribution in [0, 0.1) is 0 Å². The first-order chi connectivity index (χ1) is 9.45. The van der Waals surface area contributed by atoms with E-state index in [1.54, 1.807) is 36.5 Å². The van der Waals surface area contributed by atoms with Gasteiger partial charge < -0.3 is 0 Å². The third-order valence-corrected chi connectivity index (χ3v) is 4.21. The lowest BCUT2D eigenvalue weighted by atomic mass is 10.2. The second-order valence-electron chi connectivity index (χ2n) is 4.48. The zero-order valence-corrected chi connectivity index (χ0v) is 12.6. The lowest BCUT2D eigenvalue weighted by molar-refractivity contribution is 0.401. The molecule has 1 aromatic heterocycles. The summed E-state index contributed by atoms with van der Waals surface area (Å²) >= 11 is 5.92. The molecule has 4 nitrogen and oxygen atoms in total. The molecule has 1 heterocycles. The summed E-state index contributed by atoms with van der Waals surface area (Å²) in [5.41, 5.74) is 1.55. The maximum absolute atomic E-state index is 11.9. The van der Waals surface area contributed by atoms with Gasteiger partial charge in [0.05, 0.1) is 18.5 Å². The molecule has 0 radical (unpaired) electrons. The molecule has 0 amide bonds. The Labute approximate surface area is 124 Å². The number of hydrogen-bond donors (Lipinski definition) is 0. The number of rotatable bonds is 5. The van der Waals surface area contributed by atoms with Crippen LogP contribution in [0.15, 0.2) is 48.7 Å². The third kappa shape index (κ3) is 4.30. The van der Waals surface area contributed by atoms with Gasteiger partial charge in [-0.3, -0.25) is 4.98 Å². The molecule has 106 valence electrons. The van der Waals surface area contributed by atoms with E-state index in [9.17, 15) is 8.42 Å². The molecule has 2 rings (SSSR count). The number of sulfonamides is 1. The molecule has 0 atom stereocenters. The van der Waals surface area contributed by atoms with Crippen LogP contribution in [0.2, 0.25) is 5.02 Å². The fourth-order valence-corrected chi connectivity index (χ4v) is 2.76. The van der Waals surface area contributed by atoms with Gasteiger partial charge >= 0.3 is 0 Å². The van der Waals surface area contributed by atoms with Gasteiger partial charge in [0.1, 0.15) is 0 Å². The summed E-state index contributed by atoms with van der Waals surface area (Å²) < 4.78 is 25.2. The van der Waals surface area contributed by atoms with Gasteiger partial charge in [-0.25, -0.2) is 8.42 Å². The fraction of sp³-hybridized carbons (Fsp3) is 0.214. The Hall–Kier alpha value is -1.43. The number of pyridine rings is 1. The molecule has 0 saturated heterocycles. The molecule has 0 aliphatic heterocycles. The molecule has 0 aliphatic carbocycles. The molecular formula is C14H15ClN2O2S. The Kier molecular flexibility index (Phi) is 4.75. The number of hydrogen-bond acceptors (Lipinski definition) is 3. The summed E-state index contributed by atoms with van der Waals surface area (Å²) in [6.45, 7) is 0.516. The second kappa shape index (κ2) is 6.35. The van der Waals surface area contributed by atoms with E-state index in [4.69, 9.17) is 11.6 Å². The molecule has 0 bridgehead atoms. The van der Waals surface area contributed by atoms with Crippen molar-refractivity contribution in [1.82, 2.24) is 9.29 Å². The zero-order chi connectivity index (χ0) is 14.6. The van der Waals surface area contributed by atoms with Crippen LogP contribution in [0.5, 0.6) is 0 Å². The van der Waals surface area contributed by atoms with Gasteiger partial charge in [-0.2, -0.15) is 4.31 Å². The molecule has 6 heteroatoms. The highest BCUT2D eigenvalue weighted by molar-refractivity contribution is 7.88. The van der Waals surface area contributed by atoms with Crippen molar-refractivity contribution >= 4 is 21.6 Å². The normalized spacial score (nSPS) is 11.8. The minimum atomic E-state index is -3.32. The Morgan fingerprint density at radius 1 is 1.15 bits per heavy atom. The first-order valence-electron chi connectivity index (χ1n) is 6.04. The zero-order valence-electron chi connectivity index (χ0n) is 11.0. The Morgan fingerprint density at radius 3 is 2.55 bits per heavy atom. The highest BCUT2D eigenvalue weighted by atomic mass is 35.5. The molecule has 0 spiro atoms. The molecule has 0 fully saturated rings. The van der Waals surface area contributed by atoms with E-state index < -0.39 is 10.0 Å². The summed E-state index contributed by atoms with van der Waals surface area (Å²) in [5, 5.41) is 0.591. The molecule has 2 aromatic rings. The molecular weight excluding hydrogens is 296 g/mol. The minimum Gasteiger partial charge on any atom is -0.260 e. The molecule has 0 saturated carbocycles. The van der Waals surface area contributed by atoms with Crippen LogP contribution in [0.4, 0.5) is 0 Å².